The highest BCUT2D eigenvalue weighted by Gasteiger charge is 2.23. The Kier molecular flexibility index (Phi) is 8.44. The van der Waals surface area contributed by atoms with Crippen LogP contribution in [0.2, 0.25) is 0 Å². The highest BCUT2D eigenvalue weighted by atomic mass is 35.5. The Morgan fingerprint density at radius 3 is 1.78 bits per heavy atom. The molecular formula is C30H25ClO6. The van der Waals surface area contributed by atoms with Crippen LogP contribution in [0.15, 0.2) is 91.0 Å². The molecular weight excluding hydrogens is 492 g/mol. The van der Waals surface area contributed by atoms with Gasteiger partial charge in [0.1, 0.15) is 13.2 Å². The van der Waals surface area contributed by atoms with E-state index in [1.165, 1.54) is 26.4 Å². The summed E-state index contributed by atoms with van der Waals surface area (Å²) in [5.41, 5.74) is 2.47. The van der Waals surface area contributed by atoms with E-state index in [0.29, 0.717) is 23.7 Å². The third-order valence-corrected chi connectivity index (χ3v) is 5.85. The maximum Gasteiger partial charge on any atom is 0.252 e. The molecule has 4 aromatic rings. The third kappa shape index (κ3) is 6.29. The summed E-state index contributed by atoms with van der Waals surface area (Å²) in [5, 5.41) is -0.718. The minimum atomic E-state index is -0.718. The van der Waals surface area contributed by atoms with E-state index >= 15 is 0 Å². The lowest BCUT2D eigenvalue weighted by molar-refractivity contribution is 0.103. The third-order valence-electron chi connectivity index (χ3n) is 5.64. The summed E-state index contributed by atoms with van der Waals surface area (Å²) in [7, 11) is 2.94. The topological polar surface area (TPSA) is 71.1 Å². The van der Waals surface area contributed by atoms with Crippen molar-refractivity contribution in [2.45, 2.75) is 13.2 Å². The van der Waals surface area contributed by atoms with E-state index in [9.17, 15) is 9.59 Å². The van der Waals surface area contributed by atoms with E-state index in [-0.39, 0.29) is 29.2 Å². The Balaban J connectivity index is 1.67. The van der Waals surface area contributed by atoms with Crippen LogP contribution in [0.5, 0.6) is 23.0 Å². The van der Waals surface area contributed by atoms with Gasteiger partial charge >= 0.3 is 0 Å². The molecule has 0 amide bonds. The van der Waals surface area contributed by atoms with E-state index in [4.69, 9.17) is 30.5 Å². The number of carbonyl (C=O) groups excluding carboxylic acids is 2. The van der Waals surface area contributed by atoms with E-state index in [0.717, 1.165) is 11.1 Å². The summed E-state index contributed by atoms with van der Waals surface area (Å²) >= 11 is 5.75. The lowest BCUT2D eigenvalue weighted by Crippen LogP contribution is -2.09. The van der Waals surface area contributed by atoms with Gasteiger partial charge in [0, 0.05) is 11.1 Å². The molecule has 6 nitrogen and oxygen atoms in total. The first-order chi connectivity index (χ1) is 18.0. The van der Waals surface area contributed by atoms with Gasteiger partial charge in [-0.2, -0.15) is 0 Å². The first-order valence-corrected chi connectivity index (χ1v) is 11.9. The van der Waals surface area contributed by atoms with Crippen molar-refractivity contribution in [1.82, 2.24) is 0 Å². The van der Waals surface area contributed by atoms with E-state index in [1.807, 2.05) is 60.7 Å². The zero-order chi connectivity index (χ0) is 26.2. The minimum absolute atomic E-state index is 0.115. The van der Waals surface area contributed by atoms with Crippen molar-refractivity contribution in [3.63, 3.8) is 0 Å². The number of hydrogen-bond donors (Lipinski definition) is 0. The van der Waals surface area contributed by atoms with Crippen molar-refractivity contribution >= 4 is 22.6 Å². The summed E-state index contributed by atoms with van der Waals surface area (Å²) in [4.78, 5) is 25.7. The molecule has 4 rings (SSSR count). The Morgan fingerprint density at radius 2 is 1.22 bits per heavy atom. The van der Waals surface area contributed by atoms with Crippen molar-refractivity contribution in [2.24, 2.45) is 0 Å². The molecule has 0 N–H and O–H groups in total. The van der Waals surface area contributed by atoms with Gasteiger partial charge in [0.25, 0.3) is 5.24 Å². The van der Waals surface area contributed by atoms with Crippen LogP contribution in [0.3, 0.4) is 0 Å². The molecule has 0 aromatic heterocycles. The summed E-state index contributed by atoms with van der Waals surface area (Å²) in [5.74, 6) is 0.923. The molecule has 0 aliphatic carbocycles. The predicted molar refractivity (Wildman–Crippen MR) is 141 cm³/mol. The Bertz CT molecular complexity index is 1390. The molecule has 0 bridgehead atoms. The highest BCUT2D eigenvalue weighted by Crippen LogP contribution is 2.37. The predicted octanol–water partition coefficient (Wildman–Crippen LogP) is 6.47. The zero-order valence-corrected chi connectivity index (χ0v) is 21.2. The van der Waals surface area contributed by atoms with E-state index in [1.54, 1.807) is 18.2 Å². The number of ether oxygens (including phenoxy) is 4. The van der Waals surface area contributed by atoms with Crippen LogP contribution in [0, 0.1) is 0 Å². The molecule has 0 heterocycles. The van der Waals surface area contributed by atoms with Crippen molar-refractivity contribution in [3.8, 4) is 23.0 Å². The first kappa shape index (κ1) is 25.8. The normalized spacial score (nSPS) is 10.5. The fourth-order valence-corrected chi connectivity index (χ4v) is 3.84. The van der Waals surface area contributed by atoms with E-state index < -0.39 is 11.0 Å². The SMILES string of the molecule is COc1cc(C(=O)c2cc(C(=O)Cl)cc(OC)c2OCc2ccccc2)ccc1OCc1ccccc1. The number of halogens is 1. The molecule has 0 spiro atoms. The second-order valence-electron chi connectivity index (χ2n) is 8.07. The van der Waals surface area contributed by atoms with E-state index in [2.05, 4.69) is 0 Å². The largest absolute Gasteiger partial charge is 0.493 e. The molecule has 0 aliphatic heterocycles. The van der Waals surface area contributed by atoms with Crippen LogP contribution in [-0.4, -0.2) is 25.2 Å². The van der Waals surface area contributed by atoms with Gasteiger partial charge in [0.2, 0.25) is 0 Å². The number of carbonyl (C=O) groups is 2. The van der Waals surface area contributed by atoms with Gasteiger partial charge < -0.3 is 18.9 Å². The van der Waals surface area contributed by atoms with Gasteiger partial charge in [-0.05, 0) is 53.1 Å². The van der Waals surface area contributed by atoms with Gasteiger partial charge in [0.15, 0.2) is 28.8 Å². The molecule has 0 radical (unpaired) electrons. The maximum atomic E-state index is 13.7. The van der Waals surface area contributed by atoms with Crippen LogP contribution in [0.4, 0.5) is 0 Å². The van der Waals surface area contributed by atoms with Gasteiger partial charge in [0.05, 0.1) is 19.8 Å². The number of ketones is 1. The second kappa shape index (κ2) is 12.1. The van der Waals surface area contributed by atoms with Gasteiger partial charge in [-0.25, -0.2) is 0 Å². The number of hydrogen-bond acceptors (Lipinski definition) is 6. The molecule has 0 saturated carbocycles. The number of rotatable bonds is 11. The number of benzene rings is 4. The Morgan fingerprint density at radius 1 is 0.649 bits per heavy atom. The quantitative estimate of drug-likeness (QED) is 0.168. The first-order valence-electron chi connectivity index (χ1n) is 11.5. The van der Waals surface area contributed by atoms with Gasteiger partial charge in [-0.15, -0.1) is 0 Å². The standard InChI is InChI=1S/C30H25ClO6/c1-34-26-16-22(13-14-25(26)36-18-20-9-5-3-6-10-20)28(32)24-15-23(30(31)33)17-27(35-2)29(24)37-19-21-11-7-4-8-12-21/h3-17H,18-19H2,1-2H3. The van der Waals surface area contributed by atoms with Crippen LogP contribution in [0.1, 0.15) is 37.4 Å². The molecule has 0 unspecified atom stereocenters. The lowest BCUT2D eigenvalue weighted by atomic mass is 9.99. The minimum Gasteiger partial charge on any atom is -0.493 e. The van der Waals surface area contributed by atoms with Crippen LogP contribution in [-0.2, 0) is 13.2 Å². The summed E-state index contributed by atoms with van der Waals surface area (Å²) in [6.07, 6.45) is 0. The fraction of sp³-hybridized carbons (Fsp3) is 0.133. The Labute approximate surface area is 220 Å². The summed E-state index contributed by atoms with van der Waals surface area (Å²) in [6.45, 7) is 0.542. The van der Waals surface area contributed by atoms with Gasteiger partial charge in [-0.1, -0.05) is 60.7 Å². The number of methoxy groups -OCH3 is 2. The molecule has 0 fully saturated rings. The molecule has 4 aromatic carbocycles. The van der Waals surface area contributed by atoms with Crippen LogP contribution in [0.25, 0.3) is 0 Å². The van der Waals surface area contributed by atoms with Crippen LogP contribution >= 0.6 is 11.6 Å². The van der Waals surface area contributed by atoms with Crippen molar-refractivity contribution in [2.75, 3.05) is 14.2 Å². The second-order valence-corrected chi connectivity index (χ2v) is 8.42. The molecule has 7 heteroatoms. The fourth-order valence-electron chi connectivity index (χ4n) is 3.73. The summed E-state index contributed by atoms with van der Waals surface area (Å²) in [6, 6.07) is 27.0. The average molecular weight is 517 g/mol. The average Bonchev–Trinajstić information content (AvgIpc) is 2.95. The monoisotopic (exact) mass is 516 g/mol. The van der Waals surface area contributed by atoms with Crippen molar-refractivity contribution in [1.29, 1.82) is 0 Å². The zero-order valence-electron chi connectivity index (χ0n) is 20.4. The smallest absolute Gasteiger partial charge is 0.252 e. The van der Waals surface area contributed by atoms with Crippen molar-refractivity contribution < 1.29 is 28.5 Å². The lowest BCUT2D eigenvalue weighted by Gasteiger charge is -2.17. The Hall–Kier alpha value is -4.29. The molecule has 0 aliphatic rings. The van der Waals surface area contributed by atoms with Crippen LogP contribution < -0.4 is 18.9 Å². The molecule has 0 atom stereocenters. The summed E-state index contributed by atoms with van der Waals surface area (Å²) < 4.78 is 22.9. The molecule has 37 heavy (non-hydrogen) atoms. The highest BCUT2D eigenvalue weighted by molar-refractivity contribution is 6.67. The molecule has 0 saturated heterocycles. The van der Waals surface area contributed by atoms with Crippen molar-refractivity contribution in [3.05, 3.63) is 119 Å². The maximum absolute atomic E-state index is 13.7. The van der Waals surface area contributed by atoms with Gasteiger partial charge in [-0.3, -0.25) is 9.59 Å². The molecule has 188 valence electrons.